The van der Waals surface area contributed by atoms with Gasteiger partial charge in [-0.15, -0.1) is 0 Å². The van der Waals surface area contributed by atoms with E-state index < -0.39 is 0 Å². The zero-order chi connectivity index (χ0) is 11.5. The van der Waals surface area contributed by atoms with E-state index in [4.69, 9.17) is 23.2 Å². The summed E-state index contributed by atoms with van der Waals surface area (Å²) in [5.41, 5.74) is 1.91. The van der Waals surface area contributed by atoms with Crippen molar-refractivity contribution in [3.63, 3.8) is 0 Å². The third-order valence-corrected chi connectivity index (χ3v) is 2.76. The van der Waals surface area contributed by atoms with Crippen LogP contribution in [0.15, 0.2) is 30.3 Å². The first kappa shape index (κ1) is 11.2. The molecule has 0 unspecified atom stereocenters. The van der Waals surface area contributed by atoms with E-state index in [1.54, 1.807) is 4.68 Å². The maximum atomic E-state index is 5.88. The molecule has 0 fully saturated rings. The smallest absolute Gasteiger partial charge is 0.127 e. The molecule has 2 nitrogen and oxygen atoms in total. The zero-order valence-electron chi connectivity index (χ0n) is 8.69. The lowest BCUT2D eigenvalue weighted by molar-refractivity contribution is 0.765. The molecule has 0 saturated carbocycles. The molecule has 0 bridgehead atoms. The van der Waals surface area contributed by atoms with Crippen molar-refractivity contribution in [2.45, 2.75) is 0 Å². The van der Waals surface area contributed by atoms with Crippen molar-refractivity contribution >= 4 is 35.4 Å². The van der Waals surface area contributed by atoms with Gasteiger partial charge in [0, 0.05) is 18.1 Å². The molecule has 0 amide bonds. The van der Waals surface area contributed by atoms with E-state index in [-0.39, 0.29) is 0 Å². The van der Waals surface area contributed by atoms with Crippen molar-refractivity contribution in [3.8, 4) is 0 Å². The van der Waals surface area contributed by atoms with Crippen LogP contribution in [0.25, 0.3) is 12.2 Å². The fourth-order valence-electron chi connectivity index (χ4n) is 1.30. The highest BCUT2D eigenvalue weighted by atomic mass is 35.5. The highest BCUT2D eigenvalue weighted by Crippen LogP contribution is 2.14. The summed E-state index contributed by atoms with van der Waals surface area (Å²) in [6.45, 7) is 0. The number of hydrogen-bond acceptors (Lipinski definition) is 1. The number of aryl methyl sites for hydroxylation is 1. The number of aromatic nitrogens is 2. The summed E-state index contributed by atoms with van der Waals surface area (Å²) in [7, 11) is 1.81. The second-order valence-corrected chi connectivity index (χ2v) is 4.22. The summed E-state index contributed by atoms with van der Waals surface area (Å²) in [4.78, 5) is 0. The van der Waals surface area contributed by atoms with Crippen LogP contribution in [0.5, 0.6) is 0 Å². The van der Waals surface area contributed by atoms with Crippen LogP contribution in [0, 0.1) is 0 Å². The molecule has 2 aromatic rings. The fourth-order valence-corrected chi connectivity index (χ4v) is 1.58. The van der Waals surface area contributed by atoms with Gasteiger partial charge in [0.25, 0.3) is 0 Å². The van der Waals surface area contributed by atoms with Crippen LogP contribution in [0.4, 0.5) is 0 Å². The molecule has 0 aliphatic carbocycles. The maximum absolute atomic E-state index is 5.88. The minimum atomic E-state index is 0.621. The molecule has 0 radical (unpaired) electrons. The van der Waals surface area contributed by atoms with E-state index in [1.165, 1.54) is 0 Å². The van der Waals surface area contributed by atoms with Crippen LogP contribution >= 0.6 is 23.2 Å². The first-order valence-electron chi connectivity index (χ1n) is 4.78. The van der Waals surface area contributed by atoms with Crippen LogP contribution in [0.2, 0.25) is 10.2 Å². The summed E-state index contributed by atoms with van der Waals surface area (Å²) in [6, 6.07) is 9.42. The second kappa shape index (κ2) is 4.73. The van der Waals surface area contributed by atoms with Crippen molar-refractivity contribution < 1.29 is 0 Å². The van der Waals surface area contributed by atoms with Gasteiger partial charge in [-0.2, -0.15) is 5.10 Å². The van der Waals surface area contributed by atoms with Gasteiger partial charge in [0.1, 0.15) is 5.15 Å². The Bertz CT molecular complexity index is 493. The van der Waals surface area contributed by atoms with Crippen LogP contribution < -0.4 is 0 Å². The lowest BCUT2D eigenvalue weighted by Gasteiger charge is -1.92. The van der Waals surface area contributed by atoms with Gasteiger partial charge in [-0.3, -0.25) is 4.68 Å². The van der Waals surface area contributed by atoms with E-state index in [2.05, 4.69) is 5.10 Å². The summed E-state index contributed by atoms with van der Waals surface area (Å²) in [6.07, 6.45) is 3.88. The van der Waals surface area contributed by atoms with Crippen LogP contribution in [-0.4, -0.2) is 9.78 Å². The predicted molar refractivity (Wildman–Crippen MR) is 68.6 cm³/mol. The van der Waals surface area contributed by atoms with Gasteiger partial charge in [-0.25, -0.2) is 0 Å². The van der Waals surface area contributed by atoms with Gasteiger partial charge >= 0.3 is 0 Å². The molecule has 0 aliphatic rings. The molecule has 0 N–H and O–H groups in total. The maximum Gasteiger partial charge on any atom is 0.127 e. The molecule has 82 valence electrons. The first-order valence-corrected chi connectivity index (χ1v) is 5.54. The Balaban J connectivity index is 2.17. The molecular formula is C12H10Cl2N2. The SMILES string of the molecule is Cn1nc(/C=C/c2ccc(Cl)cc2)cc1Cl. The highest BCUT2D eigenvalue weighted by molar-refractivity contribution is 6.30. The minimum Gasteiger partial charge on any atom is -0.256 e. The number of halogens is 2. The number of hydrogen-bond donors (Lipinski definition) is 0. The standard InChI is InChI=1S/C12H10Cl2N2/c1-16-12(14)8-11(15-16)7-4-9-2-5-10(13)6-3-9/h2-8H,1H3/b7-4+. The third kappa shape index (κ3) is 2.65. The van der Waals surface area contributed by atoms with Crippen molar-refractivity contribution in [2.24, 2.45) is 7.05 Å². The lowest BCUT2D eigenvalue weighted by Crippen LogP contribution is -1.89. The minimum absolute atomic E-state index is 0.621. The summed E-state index contributed by atoms with van der Waals surface area (Å²) < 4.78 is 1.63. The van der Waals surface area contributed by atoms with E-state index in [0.29, 0.717) is 5.15 Å². The van der Waals surface area contributed by atoms with E-state index in [1.807, 2.05) is 49.5 Å². The van der Waals surface area contributed by atoms with Gasteiger partial charge in [0.15, 0.2) is 0 Å². The normalized spacial score (nSPS) is 11.2. The molecule has 0 atom stereocenters. The Hall–Kier alpha value is -1.25. The monoisotopic (exact) mass is 252 g/mol. The van der Waals surface area contributed by atoms with E-state index >= 15 is 0 Å². The first-order chi connectivity index (χ1) is 7.65. The average molecular weight is 253 g/mol. The van der Waals surface area contributed by atoms with Crippen molar-refractivity contribution in [2.75, 3.05) is 0 Å². The summed E-state index contributed by atoms with van der Waals surface area (Å²) in [5, 5.41) is 5.57. The van der Waals surface area contributed by atoms with Crippen LogP contribution in [-0.2, 0) is 7.05 Å². The Kier molecular flexibility index (Phi) is 3.32. The predicted octanol–water partition coefficient (Wildman–Crippen LogP) is 3.90. The molecule has 16 heavy (non-hydrogen) atoms. The van der Waals surface area contributed by atoms with E-state index in [9.17, 15) is 0 Å². The van der Waals surface area contributed by atoms with Crippen molar-refractivity contribution in [1.29, 1.82) is 0 Å². The molecule has 4 heteroatoms. The molecule has 0 saturated heterocycles. The van der Waals surface area contributed by atoms with Gasteiger partial charge in [-0.05, 0) is 23.8 Å². The summed E-state index contributed by atoms with van der Waals surface area (Å²) >= 11 is 11.7. The largest absolute Gasteiger partial charge is 0.256 e. The quantitative estimate of drug-likeness (QED) is 0.793. The van der Waals surface area contributed by atoms with Crippen molar-refractivity contribution in [3.05, 3.63) is 51.8 Å². The Morgan fingerprint density at radius 1 is 1.12 bits per heavy atom. The summed E-state index contributed by atoms with van der Waals surface area (Å²) in [5.74, 6) is 0. The molecule has 2 rings (SSSR count). The number of benzene rings is 1. The molecule has 1 heterocycles. The number of rotatable bonds is 2. The molecule has 1 aromatic heterocycles. The molecule has 0 aliphatic heterocycles. The van der Waals surface area contributed by atoms with Gasteiger partial charge in [0.05, 0.1) is 5.69 Å². The zero-order valence-corrected chi connectivity index (χ0v) is 10.2. The Labute approximate surface area is 104 Å². The van der Waals surface area contributed by atoms with Gasteiger partial charge in [0.2, 0.25) is 0 Å². The lowest BCUT2D eigenvalue weighted by atomic mass is 10.2. The highest BCUT2D eigenvalue weighted by Gasteiger charge is 1.98. The van der Waals surface area contributed by atoms with Crippen LogP contribution in [0.1, 0.15) is 11.3 Å². The average Bonchev–Trinajstić information content (AvgIpc) is 2.58. The molecular weight excluding hydrogens is 243 g/mol. The Morgan fingerprint density at radius 2 is 1.81 bits per heavy atom. The van der Waals surface area contributed by atoms with Crippen molar-refractivity contribution in [1.82, 2.24) is 9.78 Å². The van der Waals surface area contributed by atoms with Crippen LogP contribution in [0.3, 0.4) is 0 Å². The Morgan fingerprint density at radius 3 is 2.38 bits per heavy atom. The number of nitrogens with zero attached hydrogens (tertiary/aromatic N) is 2. The molecule has 0 spiro atoms. The fraction of sp³-hybridized carbons (Fsp3) is 0.0833. The van der Waals surface area contributed by atoms with Gasteiger partial charge in [-0.1, -0.05) is 41.4 Å². The van der Waals surface area contributed by atoms with Gasteiger partial charge < -0.3 is 0 Å². The third-order valence-electron chi connectivity index (χ3n) is 2.16. The topological polar surface area (TPSA) is 17.8 Å². The van der Waals surface area contributed by atoms with E-state index in [0.717, 1.165) is 16.3 Å². The second-order valence-electron chi connectivity index (χ2n) is 3.40. The molecule has 1 aromatic carbocycles.